The van der Waals surface area contributed by atoms with Crippen LogP contribution < -0.4 is 13.7 Å². The van der Waals surface area contributed by atoms with Crippen LogP contribution in [0.4, 0.5) is 0 Å². The van der Waals surface area contributed by atoms with Crippen molar-refractivity contribution in [2.75, 3.05) is 13.4 Å². The largest absolute Gasteiger partial charge is 0.493 e. The topological polar surface area (TPSA) is 61.8 Å². The molecule has 0 bridgehead atoms. The smallest absolute Gasteiger partial charge is 0.306 e. The minimum atomic E-state index is -3.60. The Labute approximate surface area is 214 Å². The first-order valence-corrected chi connectivity index (χ1v) is 13.1. The molecule has 180 valence electrons. The first-order chi connectivity index (χ1) is 16.7. The number of rotatable bonds is 8. The zero-order valence-electron chi connectivity index (χ0n) is 19.0. The summed E-state index contributed by atoms with van der Waals surface area (Å²) in [5.41, 5.74) is 4.10. The van der Waals surface area contributed by atoms with E-state index < -0.39 is 10.1 Å². The number of hydrogen-bond donors (Lipinski definition) is 0. The van der Waals surface area contributed by atoms with Crippen LogP contribution in [0.25, 0.3) is 22.3 Å². The van der Waals surface area contributed by atoms with Crippen molar-refractivity contribution < 1.29 is 22.1 Å². The molecule has 4 rings (SSSR count). The van der Waals surface area contributed by atoms with Gasteiger partial charge in [0.1, 0.15) is 12.4 Å². The average molecular weight is 529 g/mol. The lowest BCUT2D eigenvalue weighted by Crippen LogP contribution is -2.05. The molecule has 0 saturated heterocycles. The van der Waals surface area contributed by atoms with Gasteiger partial charge in [0.2, 0.25) is 0 Å². The van der Waals surface area contributed by atoms with Gasteiger partial charge in [-0.3, -0.25) is 0 Å². The van der Waals surface area contributed by atoms with Crippen molar-refractivity contribution >= 4 is 33.3 Å². The summed E-state index contributed by atoms with van der Waals surface area (Å²) in [6, 6.07) is 25.6. The van der Waals surface area contributed by atoms with Crippen LogP contribution in [0.2, 0.25) is 10.0 Å². The van der Waals surface area contributed by atoms with Gasteiger partial charge >= 0.3 is 10.1 Å². The summed E-state index contributed by atoms with van der Waals surface area (Å²) in [4.78, 5) is 0. The Balaban J connectivity index is 1.59. The summed E-state index contributed by atoms with van der Waals surface area (Å²) in [6.07, 6.45) is 0.993. The van der Waals surface area contributed by atoms with E-state index in [1.54, 1.807) is 43.5 Å². The first-order valence-electron chi connectivity index (χ1n) is 10.6. The second kappa shape index (κ2) is 10.6. The lowest BCUT2D eigenvalue weighted by atomic mass is 9.99. The van der Waals surface area contributed by atoms with Crippen LogP contribution in [0.5, 0.6) is 17.2 Å². The minimum Gasteiger partial charge on any atom is -0.493 e. The molecule has 4 aromatic carbocycles. The van der Waals surface area contributed by atoms with E-state index in [2.05, 4.69) is 0 Å². The van der Waals surface area contributed by atoms with Crippen molar-refractivity contribution in [2.24, 2.45) is 0 Å². The molecule has 0 fully saturated rings. The third-order valence-corrected chi connectivity index (χ3v) is 6.30. The number of ether oxygens (including phenoxy) is 2. The molecule has 0 amide bonds. The van der Waals surface area contributed by atoms with Crippen LogP contribution in [0.15, 0.2) is 84.9 Å². The van der Waals surface area contributed by atoms with Crippen LogP contribution >= 0.6 is 23.2 Å². The van der Waals surface area contributed by atoms with E-state index in [9.17, 15) is 8.42 Å². The van der Waals surface area contributed by atoms with E-state index in [4.69, 9.17) is 36.9 Å². The zero-order chi connectivity index (χ0) is 25.0. The maximum absolute atomic E-state index is 11.3. The molecule has 4 aromatic rings. The van der Waals surface area contributed by atoms with E-state index >= 15 is 0 Å². The van der Waals surface area contributed by atoms with Crippen LogP contribution in [-0.2, 0) is 16.7 Å². The third kappa shape index (κ3) is 6.28. The maximum atomic E-state index is 11.3. The van der Waals surface area contributed by atoms with Gasteiger partial charge in [-0.15, -0.1) is 0 Å². The maximum Gasteiger partial charge on any atom is 0.306 e. The summed E-state index contributed by atoms with van der Waals surface area (Å²) >= 11 is 13.3. The molecule has 0 N–H and O–H groups in total. The molecule has 0 aromatic heterocycles. The van der Waals surface area contributed by atoms with Gasteiger partial charge in [-0.05, 0) is 53.1 Å². The van der Waals surface area contributed by atoms with Crippen molar-refractivity contribution in [2.45, 2.75) is 6.61 Å². The monoisotopic (exact) mass is 528 g/mol. The number of hydrogen-bond acceptors (Lipinski definition) is 5. The number of halogens is 2. The van der Waals surface area contributed by atoms with Gasteiger partial charge in [-0.1, -0.05) is 71.7 Å². The number of methoxy groups -OCH3 is 1. The molecular formula is C27H22Cl2O5S. The van der Waals surface area contributed by atoms with Gasteiger partial charge < -0.3 is 13.7 Å². The molecule has 0 radical (unpaired) electrons. The molecule has 0 aliphatic carbocycles. The Bertz CT molecular complexity index is 1440. The summed E-state index contributed by atoms with van der Waals surface area (Å²) in [7, 11) is -2.01. The van der Waals surface area contributed by atoms with E-state index in [1.165, 1.54) is 0 Å². The normalized spacial score (nSPS) is 11.2. The van der Waals surface area contributed by atoms with Crippen LogP contribution in [0.3, 0.4) is 0 Å². The van der Waals surface area contributed by atoms with Gasteiger partial charge in [0.25, 0.3) is 0 Å². The molecule has 0 spiro atoms. The van der Waals surface area contributed by atoms with Crippen molar-refractivity contribution in [3.05, 3.63) is 101 Å². The highest BCUT2D eigenvalue weighted by molar-refractivity contribution is 7.86. The summed E-state index contributed by atoms with van der Waals surface area (Å²) < 4.78 is 39.0. The van der Waals surface area contributed by atoms with Crippen LogP contribution in [0.1, 0.15) is 5.56 Å². The first kappa shape index (κ1) is 24.9. The van der Waals surface area contributed by atoms with E-state index in [0.717, 1.165) is 28.5 Å². The fraction of sp³-hybridized carbons (Fsp3) is 0.111. The predicted octanol–water partition coefficient (Wildman–Crippen LogP) is 7.25. The lowest BCUT2D eigenvalue weighted by Gasteiger charge is -2.14. The molecule has 0 aliphatic heterocycles. The van der Waals surface area contributed by atoms with Crippen molar-refractivity contribution in [1.29, 1.82) is 0 Å². The van der Waals surface area contributed by atoms with Crippen LogP contribution in [-0.4, -0.2) is 21.8 Å². The molecular weight excluding hydrogens is 507 g/mol. The summed E-state index contributed by atoms with van der Waals surface area (Å²) in [5.74, 6) is 1.42. The number of benzene rings is 4. The SMILES string of the molecule is COc1cc(-c2cc(Cl)c(-c3ccc(OS(C)(=O)=O)cc3)cc2Cl)ccc1OCc1ccccc1. The average Bonchev–Trinajstić information content (AvgIpc) is 2.84. The quantitative estimate of drug-likeness (QED) is 0.225. The van der Waals surface area contributed by atoms with E-state index in [-0.39, 0.29) is 5.75 Å². The molecule has 35 heavy (non-hydrogen) atoms. The second-order valence-corrected chi connectivity index (χ2v) is 10.2. The standard InChI is InChI=1S/C27H22Cl2O5S/c1-32-27-14-20(10-13-26(27)33-17-18-6-4-3-5-7-18)23-16-24(28)22(15-25(23)29)19-8-11-21(12-9-19)34-35(2,30)31/h3-16H,17H2,1-2H3. The van der Waals surface area contributed by atoms with Crippen molar-refractivity contribution in [1.82, 2.24) is 0 Å². The Morgan fingerprint density at radius 3 is 1.94 bits per heavy atom. The highest BCUT2D eigenvalue weighted by atomic mass is 35.5. The molecule has 5 nitrogen and oxygen atoms in total. The van der Waals surface area contributed by atoms with Gasteiger partial charge in [-0.25, -0.2) is 0 Å². The minimum absolute atomic E-state index is 0.219. The molecule has 0 aliphatic rings. The fourth-order valence-electron chi connectivity index (χ4n) is 3.54. The van der Waals surface area contributed by atoms with E-state index in [1.807, 2.05) is 48.5 Å². The Kier molecular flexibility index (Phi) is 7.55. The molecule has 0 heterocycles. The van der Waals surface area contributed by atoms with E-state index in [0.29, 0.717) is 33.7 Å². The molecule has 0 saturated carbocycles. The van der Waals surface area contributed by atoms with Crippen molar-refractivity contribution in [3.8, 4) is 39.5 Å². The highest BCUT2D eigenvalue weighted by Crippen LogP contribution is 2.40. The second-order valence-electron chi connectivity index (χ2n) is 7.76. The highest BCUT2D eigenvalue weighted by Gasteiger charge is 2.14. The molecule has 0 atom stereocenters. The van der Waals surface area contributed by atoms with Gasteiger partial charge in [-0.2, -0.15) is 8.42 Å². The predicted molar refractivity (Wildman–Crippen MR) is 140 cm³/mol. The van der Waals surface area contributed by atoms with Gasteiger partial charge in [0.15, 0.2) is 11.5 Å². The Hall–Kier alpha value is -3.19. The van der Waals surface area contributed by atoms with Gasteiger partial charge in [0.05, 0.1) is 13.4 Å². The lowest BCUT2D eigenvalue weighted by molar-refractivity contribution is 0.284. The molecule has 8 heteroatoms. The van der Waals surface area contributed by atoms with Gasteiger partial charge in [0, 0.05) is 21.2 Å². The van der Waals surface area contributed by atoms with Crippen LogP contribution in [0, 0.1) is 0 Å². The Morgan fingerprint density at radius 1 is 0.743 bits per heavy atom. The summed E-state index contributed by atoms with van der Waals surface area (Å²) in [5, 5.41) is 0.991. The Morgan fingerprint density at radius 2 is 1.34 bits per heavy atom. The fourth-order valence-corrected chi connectivity index (χ4v) is 4.55. The zero-order valence-corrected chi connectivity index (χ0v) is 21.3. The third-order valence-electron chi connectivity index (χ3n) is 5.18. The summed E-state index contributed by atoms with van der Waals surface area (Å²) in [6.45, 7) is 0.422. The molecule has 0 unspecified atom stereocenters. The van der Waals surface area contributed by atoms with Crippen molar-refractivity contribution in [3.63, 3.8) is 0 Å².